The molecule has 0 radical (unpaired) electrons. The van der Waals surface area contributed by atoms with E-state index in [0.717, 1.165) is 6.42 Å². The third kappa shape index (κ3) is 7.91. The minimum Gasteiger partial charge on any atom is -0.469 e. The molecule has 0 aromatic carbocycles. The van der Waals surface area contributed by atoms with Crippen LogP contribution in [0, 0.1) is 0 Å². The number of methoxy groups -OCH3 is 1. The Morgan fingerprint density at radius 3 is 1.94 bits per heavy atom. The first-order chi connectivity index (χ1) is 8.43. The maximum atomic E-state index is 11.8. The quantitative estimate of drug-likeness (QED) is 0.317. The summed E-state index contributed by atoms with van der Waals surface area (Å²) in [6, 6.07) is 0. The molecule has 0 aliphatic heterocycles. The highest BCUT2D eigenvalue weighted by Crippen LogP contribution is 2.29. The average Bonchev–Trinajstić information content (AvgIpc) is 2.30. The summed E-state index contributed by atoms with van der Waals surface area (Å²) in [7, 11) is 0.0877. The minimum atomic E-state index is -1.43. The SMILES string of the molecule is CCCCCCCCCC(C(=O)OC)[Si](C)(C)C. The molecule has 3 heteroatoms. The topological polar surface area (TPSA) is 26.3 Å². The van der Waals surface area contributed by atoms with Crippen molar-refractivity contribution in [1.82, 2.24) is 0 Å². The first-order valence-corrected chi connectivity index (χ1v) is 11.1. The van der Waals surface area contributed by atoms with Gasteiger partial charge in [-0.1, -0.05) is 71.5 Å². The van der Waals surface area contributed by atoms with Crippen molar-refractivity contribution in [1.29, 1.82) is 0 Å². The van der Waals surface area contributed by atoms with Gasteiger partial charge in [0.25, 0.3) is 0 Å². The minimum absolute atomic E-state index is 0.0140. The molecule has 2 nitrogen and oxygen atoms in total. The summed E-state index contributed by atoms with van der Waals surface area (Å²) in [5, 5.41) is 0. The van der Waals surface area contributed by atoms with E-state index in [1.165, 1.54) is 52.1 Å². The van der Waals surface area contributed by atoms with Crippen molar-refractivity contribution in [2.75, 3.05) is 7.11 Å². The normalized spacial score (nSPS) is 13.4. The predicted octanol–water partition coefficient (Wildman–Crippen LogP) is 5.01. The zero-order chi connectivity index (χ0) is 14.0. The zero-order valence-electron chi connectivity index (χ0n) is 13.1. The van der Waals surface area contributed by atoms with E-state index in [0.29, 0.717) is 0 Å². The van der Waals surface area contributed by atoms with Gasteiger partial charge < -0.3 is 4.74 Å². The molecule has 0 amide bonds. The van der Waals surface area contributed by atoms with Crippen molar-refractivity contribution in [3.63, 3.8) is 0 Å². The van der Waals surface area contributed by atoms with Gasteiger partial charge in [0.1, 0.15) is 0 Å². The van der Waals surface area contributed by atoms with Crippen LogP contribution in [0.4, 0.5) is 0 Å². The Hall–Kier alpha value is -0.313. The molecule has 0 saturated carbocycles. The number of hydrogen-bond donors (Lipinski definition) is 0. The molecule has 0 spiro atoms. The Morgan fingerprint density at radius 1 is 1.00 bits per heavy atom. The van der Waals surface area contributed by atoms with Crippen LogP contribution in [0.2, 0.25) is 25.2 Å². The molecule has 0 heterocycles. The van der Waals surface area contributed by atoms with E-state index in [9.17, 15) is 4.79 Å². The van der Waals surface area contributed by atoms with Crippen molar-refractivity contribution in [2.24, 2.45) is 0 Å². The highest BCUT2D eigenvalue weighted by Gasteiger charge is 2.32. The third-order valence-electron chi connectivity index (χ3n) is 3.63. The number of esters is 1. The Morgan fingerprint density at radius 2 is 1.50 bits per heavy atom. The number of hydrogen-bond acceptors (Lipinski definition) is 2. The largest absolute Gasteiger partial charge is 0.469 e. The Bertz CT molecular complexity index is 221. The first-order valence-electron chi connectivity index (χ1n) is 7.51. The number of carbonyl (C=O) groups is 1. The molecule has 108 valence electrons. The molecule has 0 aromatic rings. The average molecular weight is 273 g/mol. The predicted molar refractivity (Wildman–Crippen MR) is 81.7 cm³/mol. The molecular formula is C15H32O2Si. The number of rotatable bonds is 10. The molecule has 1 atom stereocenters. The second-order valence-electron chi connectivity index (χ2n) is 6.35. The van der Waals surface area contributed by atoms with Crippen LogP contribution < -0.4 is 0 Å². The zero-order valence-corrected chi connectivity index (χ0v) is 14.1. The van der Waals surface area contributed by atoms with Crippen LogP contribution in [0.1, 0.15) is 58.3 Å². The van der Waals surface area contributed by atoms with Crippen molar-refractivity contribution in [2.45, 2.75) is 83.5 Å². The molecule has 0 bridgehead atoms. The van der Waals surface area contributed by atoms with Gasteiger partial charge in [-0.2, -0.15) is 0 Å². The monoisotopic (exact) mass is 272 g/mol. The summed E-state index contributed by atoms with van der Waals surface area (Å²) in [6.07, 6.45) is 10.2. The van der Waals surface area contributed by atoms with E-state index in [4.69, 9.17) is 4.74 Å². The van der Waals surface area contributed by atoms with E-state index in [2.05, 4.69) is 26.6 Å². The van der Waals surface area contributed by atoms with Crippen LogP contribution in [-0.2, 0) is 9.53 Å². The fraction of sp³-hybridized carbons (Fsp3) is 0.933. The molecule has 0 aromatic heterocycles. The van der Waals surface area contributed by atoms with Gasteiger partial charge in [-0.15, -0.1) is 0 Å². The lowest BCUT2D eigenvalue weighted by Crippen LogP contribution is -2.34. The van der Waals surface area contributed by atoms with Gasteiger partial charge in [-0.05, 0) is 6.42 Å². The third-order valence-corrected chi connectivity index (χ3v) is 6.24. The summed E-state index contributed by atoms with van der Waals surface area (Å²) in [5.74, 6) is 0.0140. The van der Waals surface area contributed by atoms with E-state index < -0.39 is 8.07 Å². The molecule has 0 aliphatic carbocycles. The molecule has 1 unspecified atom stereocenters. The smallest absolute Gasteiger partial charge is 0.305 e. The maximum Gasteiger partial charge on any atom is 0.305 e. The summed E-state index contributed by atoms with van der Waals surface area (Å²) in [5.41, 5.74) is 0.179. The molecule has 0 N–H and O–H groups in total. The van der Waals surface area contributed by atoms with Crippen molar-refractivity contribution in [3.8, 4) is 0 Å². The van der Waals surface area contributed by atoms with Crippen molar-refractivity contribution >= 4 is 14.0 Å². The second kappa shape index (κ2) is 9.60. The summed E-state index contributed by atoms with van der Waals surface area (Å²) in [6.45, 7) is 9.02. The van der Waals surface area contributed by atoms with Gasteiger partial charge in [0.05, 0.1) is 20.7 Å². The summed E-state index contributed by atoms with van der Waals surface area (Å²) < 4.78 is 4.94. The molecule has 0 aliphatic rings. The lowest BCUT2D eigenvalue weighted by molar-refractivity contribution is -0.140. The van der Waals surface area contributed by atoms with Gasteiger partial charge in [0, 0.05) is 0 Å². The maximum absolute atomic E-state index is 11.8. The number of unbranched alkanes of at least 4 members (excludes halogenated alkanes) is 6. The van der Waals surface area contributed by atoms with E-state index >= 15 is 0 Å². The van der Waals surface area contributed by atoms with Gasteiger partial charge in [0.15, 0.2) is 0 Å². The van der Waals surface area contributed by atoms with Crippen LogP contribution in [0.3, 0.4) is 0 Å². The Balaban J connectivity index is 3.81. The fourth-order valence-corrected chi connectivity index (χ4v) is 4.25. The van der Waals surface area contributed by atoms with E-state index in [1.54, 1.807) is 0 Å². The molecule has 0 saturated heterocycles. The first kappa shape index (κ1) is 17.7. The van der Waals surface area contributed by atoms with Crippen LogP contribution in [0.25, 0.3) is 0 Å². The molecule has 18 heavy (non-hydrogen) atoms. The standard InChI is InChI=1S/C15H32O2Si/c1-6-7-8-9-10-11-12-13-14(15(16)17-2)18(3,4)5/h14H,6-13H2,1-5H3. The highest BCUT2D eigenvalue weighted by atomic mass is 28.3. The number of carbonyl (C=O) groups excluding carboxylic acids is 1. The lowest BCUT2D eigenvalue weighted by atomic mass is 10.1. The molecule has 0 rings (SSSR count). The van der Waals surface area contributed by atoms with Crippen LogP contribution in [0.15, 0.2) is 0 Å². The van der Waals surface area contributed by atoms with Gasteiger partial charge >= 0.3 is 5.97 Å². The highest BCUT2D eigenvalue weighted by molar-refractivity contribution is 6.80. The molecule has 0 fully saturated rings. The van der Waals surface area contributed by atoms with Gasteiger partial charge in [-0.3, -0.25) is 4.79 Å². The van der Waals surface area contributed by atoms with Crippen LogP contribution >= 0.6 is 0 Å². The molecular weight excluding hydrogens is 240 g/mol. The Kier molecular flexibility index (Phi) is 9.43. The lowest BCUT2D eigenvalue weighted by Gasteiger charge is -2.26. The second-order valence-corrected chi connectivity index (χ2v) is 11.8. The summed E-state index contributed by atoms with van der Waals surface area (Å²) in [4.78, 5) is 11.8. The summed E-state index contributed by atoms with van der Waals surface area (Å²) >= 11 is 0. The van der Waals surface area contributed by atoms with E-state index in [1.807, 2.05) is 0 Å². The number of ether oxygens (including phenoxy) is 1. The van der Waals surface area contributed by atoms with Crippen molar-refractivity contribution in [3.05, 3.63) is 0 Å². The van der Waals surface area contributed by atoms with E-state index in [-0.39, 0.29) is 11.5 Å². The van der Waals surface area contributed by atoms with Crippen LogP contribution in [0.5, 0.6) is 0 Å². The van der Waals surface area contributed by atoms with Crippen LogP contribution in [-0.4, -0.2) is 21.2 Å². The Labute approximate surface area is 115 Å². The fourth-order valence-electron chi connectivity index (χ4n) is 2.35. The van der Waals surface area contributed by atoms with Gasteiger partial charge in [-0.25, -0.2) is 0 Å². The van der Waals surface area contributed by atoms with Gasteiger partial charge in [0.2, 0.25) is 0 Å². The van der Waals surface area contributed by atoms with Crippen molar-refractivity contribution < 1.29 is 9.53 Å².